The maximum Gasteiger partial charge on any atom is 0.291 e. The van der Waals surface area contributed by atoms with Gasteiger partial charge in [0.25, 0.3) is 5.91 Å². The van der Waals surface area contributed by atoms with Crippen LogP contribution < -0.4 is 10.6 Å². The highest BCUT2D eigenvalue weighted by Gasteiger charge is 2.29. The number of furan rings is 1. The molecule has 0 saturated heterocycles. The third-order valence-corrected chi connectivity index (χ3v) is 4.85. The number of halogens is 1. The molecular formula is C19H17FN2O4. The quantitative estimate of drug-likeness (QED) is 0.863. The van der Waals surface area contributed by atoms with Crippen molar-refractivity contribution < 1.29 is 23.2 Å². The minimum atomic E-state index is -0.620. The van der Waals surface area contributed by atoms with E-state index in [4.69, 9.17) is 4.42 Å². The molecule has 0 atom stereocenters. The Morgan fingerprint density at radius 3 is 2.77 bits per heavy atom. The molecule has 0 radical (unpaired) electrons. The van der Waals surface area contributed by atoms with E-state index >= 15 is 0 Å². The minimum absolute atomic E-state index is 0.0198. The van der Waals surface area contributed by atoms with Crippen molar-refractivity contribution in [2.24, 2.45) is 0 Å². The number of carbonyl (C=O) groups is 3. The van der Waals surface area contributed by atoms with Gasteiger partial charge in [-0.15, -0.1) is 0 Å². The van der Waals surface area contributed by atoms with Gasteiger partial charge in [0.1, 0.15) is 11.6 Å². The lowest BCUT2D eigenvalue weighted by molar-refractivity contribution is -0.116. The molecule has 0 bridgehead atoms. The second-order valence-electron chi connectivity index (χ2n) is 6.62. The molecule has 1 aliphatic carbocycles. The topological polar surface area (TPSA) is 88.4 Å². The first kappa shape index (κ1) is 16.5. The Kier molecular flexibility index (Phi) is 3.86. The van der Waals surface area contributed by atoms with Crippen LogP contribution in [0.15, 0.2) is 16.5 Å². The zero-order valence-corrected chi connectivity index (χ0v) is 14.2. The van der Waals surface area contributed by atoms with E-state index in [1.807, 2.05) is 0 Å². The molecule has 1 aromatic carbocycles. The summed E-state index contributed by atoms with van der Waals surface area (Å²) >= 11 is 0. The molecule has 2 amide bonds. The highest BCUT2D eigenvalue weighted by Crippen LogP contribution is 2.32. The van der Waals surface area contributed by atoms with Crippen LogP contribution in [0.3, 0.4) is 0 Å². The predicted octanol–water partition coefficient (Wildman–Crippen LogP) is 3.38. The first-order chi connectivity index (χ1) is 12.4. The summed E-state index contributed by atoms with van der Waals surface area (Å²) in [5.41, 5.74) is 2.09. The summed E-state index contributed by atoms with van der Waals surface area (Å²) < 4.78 is 19.9. The molecule has 4 rings (SSSR count). The second kappa shape index (κ2) is 6.09. The van der Waals surface area contributed by atoms with Crippen molar-refractivity contribution in [3.63, 3.8) is 0 Å². The molecule has 26 heavy (non-hydrogen) atoms. The predicted molar refractivity (Wildman–Crippen MR) is 92.0 cm³/mol. The molecule has 6 nitrogen and oxygen atoms in total. The van der Waals surface area contributed by atoms with Crippen molar-refractivity contribution in [1.82, 2.24) is 0 Å². The first-order valence-electron chi connectivity index (χ1n) is 8.53. The largest absolute Gasteiger partial charge is 0.455 e. The molecule has 2 heterocycles. The van der Waals surface area contributed by atoms with Gasteiger partial charge in [0.2, 0.25) is 5.91 Å². The minimum Gasteiger partial charge on any atom is -0.455 e. The number of Topliss-reactive ketones (excluding diaryl/α,β-unsaturated/α-hetero) is 1. The highest BCUT2D eigenvalue weighted by atomic mass is 19.1. The van der Waals surface area contributed by atoms with Crippen LogP contribution >= 0.6 is 0 Å². The van der Waals surface area contributed by atoms with Crippen LogP contribution in [0.2, 0.25) is 0 Å². The fourth-order valence-corrected chi connectivity index (χ4v) is 3.54. The van der Waals surface area contributed by atoms with Gasteiger partial charge >= 0.3 is 0 Å². The number of benzene rings is 1. The molecule has 134 valence electrons. The molecule has 2 N–H and O–H groups in total. The smallest absolute Gasteiger partial charge is 0.291 e. The Morgan fingerprint density at radius 2 is 2.00 bits per heavy atom. The van der Waals surface area contributed by atoms with Gasteiger partial charge in [-0.25, -0.2) is 4.39 Å². The molecule has 0 spiro atoms. The Hall–Kier alpha value is -2.96. The zero-order chi connectivity index (χ0) is 18.4. The lowest BCUT2D eigenvalue weighted by Crippen LogP contribution is -2.20. The molecule has 1 aromatic heterocycles. The average molecular weight is 356 g/mol. The Balaban J connectivity index is 1.64. The van der Waals surface area contributed by atoms with Crippen LogP contribution in [-0.2, 0) is 17.6 Å². The number of nitrogens with one attached hydrogen (secondary N) is 2. The lowest BCUT2D eigenvalue weighted by atomic mass is 9.94. The van der Waals surface area contributed by atoms with Crippen molar-refractivity contribution >= 4 is 29.0 Å². The molecule has 1 aliphatic heterocycles. The van der Waals surface area contributed by atoms with Crippen molar-refractivity contribution in [3.05, 3.63) is 46.2 Å². The highest BCUT2D eigenvalue weighted by molar-refractivity contribution is 6.08. The van der Waals surface area contributed by atoms with E-state index in [9.17, 15) is 18.8 Å². The maximum atomic E-state index is 14.3. The second-order valence-corrected chi connectivity index (χ2v) is 6.62. The van der Waals surface area contributed by atoms with Crippen LogP contribution in [0.25, 0.3) is 0 Å². The summed E-state index contributed by atoms with van der Waals surface area (Å²) in [5, 5.41) is 5.16. The molecule has 0 saturated carbocycles. The number of anilines is 2. The Bertz CT molecular complexity index is 961. The standard InChI is InChI=1S/C19H17FN2O4/c1-9-17-14(23)3-2-4-15(17)26-18(9)19(25)22-13-8-12-10(7-11(13)20)5-6-16(24)21-12/h7-8H,2-6H2,1H3,(H,21,24)(H,22,25). The number of hydrogen-bond donors (Lipinski definition) is 2. The lowest BCUT2D eigenvalue weighted by Gasteiger charge is -2.18. The van der Waals surface area contributed by atoms with Crippen molar-refractivity contribution in [3.8, 4) is 0 Å². The molecule has 0 fully saturated rings. The van der Waals surface area contributed by atoms with Gasteiger partial charge in [-0.3, -0.25) is 14.4 Å². The average Bonchev–Trinajstić information content (AvgIpc) is 2.94. The number of amides is 2. The first-order valence-corrected chi connectivity index (χ1v) is 8.53. The van der Waals surface area contributed by atoms with Crippen LogP contribution in [0.1, 0.15) is 57.1 Å². The SMILES string of the molecule is Cc1c(C(=O)Nc2cc3c(cc2F)CCC(=O)N3)oc2c1C(=O)CCC2. The maximum absolute atomic E-state index is 14.3. The van der Waals surface area contributed by atoms with Crippen molar-refractivity contribution in [1.29, 1.82) is 0 Å². The number of carbonyl (C=O) groups excluding carboxylic acids is 3. The van der Waals surface area contributed by atoms with Crippen LogP contribution in [0.4, 0.5) is 15.8 Å². The van der Waals surface area contributed by atoms with E-state index in [1.54, 1.807) is 6.92 Å². The monoisotopic (exact) mass is 356 g/mol. The molecule has 0 unspecified atom stereocenters. The Morgan fingerprint density at radius 1 is 1.19 bits per heavy atom. The van der Waals surface area contributed by atoms with Gasteiger partial charge in [0.15, 0.2) is 11.5 Å². The van der Waals surface area contributed by atoms with E-state index < -0.39 is 11.7 Å². The van der Waals surface area contributed by atoms with Gasteiger partial charge in [0.05, 0.1) is 11.3 Å². The van der Waals surface area contributed by atoms with Gasteiger partial charge in [0, 0.05) is 30.5 Å². The number of hydrogen-bond acceptors (Lipinski definition) is 4. The molecule has 2 aromatic rings. The van der Waals surface area contributed by atoms with Crippen LogP contribution in [-0.4, -0.2) is 17.6 Å². The fraction of sp³-hybridized carbons (Fsp3) is 0.316. The molecule has 7 heteroatoms. The van der Waals surface area contributed by atoms with Crippen molar-refractivity contribution in [2.75, 3.05) is 10.6 Å². The summed E-state index contributed by atoms with van der Waals surface area (Å²) in [5.74, 6) is -0.846. The van der Waals surface area contributed by atoms with E-state index in [1.165, 1.54) is 12.1 Å². The van der Waals surface area contributed by atoms with Gasteiger partial charge in [-0.05, 0) is 37.5 Å². The fourth-order valence-electron chi connectivity index (χ4n) is 3.54. The zero-order valence-electron chi connectivity index (χ0n) is 14.2. The van der Waals surface area contributed by atoms with Gasteiger partial charge in [-0.1, -0.05) is 0 Å². The summed E-state index contributed by atoms with van der Waals surface area (Å²) in [4.78, 5) is 36.1. The number of ketones is 1. The molecule has 2 aliphatic rings. The van der Waals surface area contributed by atoms with Crippen LogP contribution in [0, 0.1) is 12.7 Å². The van der Waals surface area contributed by atoms with E-state index in [0.717, 1.165) is 0 Å². The molecular weight excluding hydrogens is 339 g/mol. The normalized spacial score (nSPS) is 15.9. The van der Waals surface area contributed by atoms with E-state index in [2.05, 4.69) is 10.6 Å². The Labute approximate surface area is 148 Å². The number of fused-ring (bicyclic) bond motifs is 2. The summed E-state index contributed by atoms with van der Waals surface area (Å²) in [6.07, 6.45) is 2.50. The van der Waals surface area contributed by atoms with Crippen LogP contribution in [0.5, 0.6) is 0 Å². The summed E-state index contributed by atoms with van der Waals surface area (Å²) in [7, 11) is 0. The third kappa shape index (κ3) is 2.69. The van der Waals surface area contributed by atoms with E-state index in [-0.39, 0.29) is 23.1 Å². The van der Waals surface area contributed by atoms with Crippen molar-refractivity contribution in [2.45, 2.75) is 39.0 Å². The third-order valence-electron chi connectivity index (χ3n) is 4.85. The summed E-state index contributed by atoms with van der Waals surface area (Å²) in [6, 6.07) is 2.72. The van der Waals surface area contributed by atoms with Gasteiger partial charge < -0.3 is 15.1 Å². The van der Waals surface area contributed by atoms with E-state index in [0.29, 0.717) is 60.2 Å². The number of rotatable bonds is 2. The van der Waals surface area contributed by atoms with Gasteiger partial charge in [-0.2, -0.15) is 0 Å². The number of aryl methyl sites for hydroxylation is 2. The summed E-state index contributed by atoms with van der Waals surface area (Å²) in [6.45, 7) is 1.66.